The molecule has 118 valence electrons. The Labute approximate surface area is 135 Å². The maximum absolute atomic E-state index is 12.6. The Morgan fingerprint density at radius 1 is 0.957 bits per heavy atom. The Morgan fingerprint density at radius 3 is 2.26 bits per heavy atom. The molecular weight excluding hydrogens is 292 g/mol. The summed E-state index contributed by atoms with van der Waals surface area (Å²) in [6, 6.07) is 13.5. The number of rotatable bonds is 2. The maximum Gasteiger partial charge on any atom is 0.328 e. The number of benzene rings is 2. The van der Waals surface area contributed by atoms with E-state index in [1.165, 1.54) is 14.2 Å². The SMILES string of the molecule is COC(=O)C1(C(=O)OC)Cc2ccccc2-c2cc(C)ccc21. The topological polar surface area (TPSA) is 52.6 Å². The first-order valence-corrected chi connectivity index (χ1v) is 7.41. The van der Waals surface area contributed by atoms with Crippen LogP contribution in [0.25, 0.3) is 11.1 Å². The number of carbonyl (C=O) groups is 2. The van der Waals surface area contributed by atoms with Crippen LogP contribution in [0.1, 0.15) is 16.7 Å². The molecular formula is C19H18O4. The molecule has 0 amide bonds. The third kappa shape index (κ3) is 2.13. The second-order valence-electron chi connectivity index (χ2n) is 5.77. The van der Waals surface area contributed by atoms with Crippen molar-refractivity contribution in [1.29, 1.82) is 0 Å². The van der Waals surface area contributed by atoms with Gasteiger partial charge < -0.3 is 9.47 Å². The van der Waals surface area contributed by atoms with Crippen molar-refractivity contribution in [2.45, 2.75) is 18.8 Å². The van der Waals surface area contributed by atoms with Gasteiger partial charge in [-0.2, -0.15) is 0 Å². The zero-order chi connectivity index (χ0) is 16.6. The quantitative estimate of drug-likeness (QED) is 0.632. The zero-order valence-corrected chi connectivity index (χ0v) is 13.4. The molecule has 1 aliphatic rings. The summed E-state index contributed by atoms with van der Waals surface area (Å²) in [5.41, 5.74) is 3.09. The highest BCUT2D eigenvalue weighted by molar-refractivity contribution is 6.09. The summed E-state index contributed by atoms with van der Waals surface area (Å²) < 4.78 is 9.96. The smallest absolute Gasteiger partial charge is 0.328 e. The van der Waals surface area contributed by atoms with Gasteiger partial charge in [-0.1, -0.05) is 48.0 Å². The molecule has 0 atom stereocenters. The summed E-state index contributed by atoms with van der Waals surface area (Å²) in [4.78, 5) is 25.2. The van der Waals surface area contributed by atoms with Crippen LogP contribution < -0.4 is 0 Å². The van der Waals surface area contributed by atoms with Crippen molar-refractivity contribution < 1.29 is 19.1 Å². The molecule has 0 saturated carbocycles. The fourth-order valence-electron chi connectivity index (χ4n) is 3.37. The average molecular weight is 310 g/mol. The molecule has 0 aromatic heterocycles. The minimum atomic E-state index is -1.46. The van der Waals surface area contributed by atoms with Crippen molar-refractivity contribution in [3.05, 3.63) is 59.2 Å². The van der Waals surface area contributed by atoms with Gasteiger partial charge in [-0.25, -0.2) is 0 Å². The summed E-state index contributed by atoms with van der Waals surface area (Å²) in [5.74, 6) is -1.19. The number of esters is 2. The lowest BCUT2D eigenvalue weighted by atomic mass is 9.67. The van der Waals surface area contributed by atoms with E-state index in [2.05, 4.69) is 0 Å². The Hall–Kier alpha value is -2.62. The van der Waals surface area contributed by atoms with E-state index in [0.717, 1.165) is 22.3 Å². The molecule has 0 fully saturated rings. The molecule has 0 N–H and O–H groups in total. The van der Waals surface area contributed by atoms with Gasteiger partial charge in [0, 0.05) is 6.42 Å². The number of ether oxygens (including phenoxy) is 2. The van der Waals surface area contributed by atoms with Crippen LogP contribution in [-0.4, -0.2) is 26.2 Å². The van der Waals surface area contributed by atoms with Crippen LogP contribution in [0.3, 0.4) is 0 Å². The lowest BCUT2D eigenvalue weighted by molar-refractivity contribution is -0.162. The van der Waals surface area contributed by atoms with Crippen LogP contribution >= 0.6 is 0 Å². The average Bonchev–Trinajstić information content (AvgIpc) is 2.59. The fourth-order valence-corrected chi connectivity index (χ4v) is 3.37. The van der Waals surface area contributed by atoms with Crippen LogP contribution in [0.4, 0.5) is 0 Å². The Morgan fingerprint density at radius 2 is 1.61 bits per heavy atom. The van der Waals surface area contributed by atoms with Crippen molar-refractivity contribution in [3.8, 4) is 11.1 Å². The first-order chi connectivity index (χ1) is 11.0. The van der Waals surface area contributed by atoms with E-state index < -0.39 is 17.4 Å². The molecule has 0 heterocycles. The molecule has 0 spiro atoms. The van der Waals surface area contributed by atoms with Gasteiger partial charge in [0.1, 0.15) is 0 Å². The Bertz CT molecular complexity index is 776. The summed E-state index contributed by atoms with van der Waals surface area (Å²) in [7, 11) is 2.59. The van der Waals surface area contributed by atoms with E-state index in [4.69, 9.17) is 9.47 Å². The predicted molar refractivity (Wildman–Crippen MR) is 86.0 cm³/mol. The van der Waals surface area contributed by atoms with E-state index in [9.17, 15) is 9.59 Å². The lowest BCUT2D eigenvalue weighted by Gasteiger charge is -2.35. The van der Waals surface area contributed by atoms with Gasteiger partial charge in [0.25, 0.3) is 0 Å². The van der Waals surface area contributed by atoms with Gasteiger partial charge in [0.05, 0.1) is 14.2 Å². The normalized spacial score (nSPS) is 14.4. The molecule has 0 radical (unpaired) electrons. The Balaban J connectivity index is 2.37. The summed E-state index contributed by atoms with van der Waals surface area (Å²) in [6.45, 7) is 1.98. The van der Waals surface area contributed by atoms with E-state index in [-0.39, 0.29) is 6.42 Å². The van der Waals surface area contributed by atoms with Gasteiger partial charge in [-0.05, 0) is 29.2 Å². The minimum Gasteiger partial charge on any atom is -0.468 e. The molecule has 0 aliphatic heterocycles. The van der Waals surface area contributed by atoms with E-state index in [1.54, 1.807) is 0 Å². The standard InChI is InChI=1S/C19H18O4/c1-12-8-9-16-15(10-12)14-7-5-4-6-13(14)11-19(16,17(20)22-2)18(21)23-3/h4-10H,11H2,1-3H3. The van der Waals surface area contributed by atoms with Crippen LogP contribution in [0.2, 0.25) is 0 Å². The summed E-state index contributed by atoms with van der Waals surface area (Å²) in [6.07, 6.45) is 0.235. The van der Waals surface area contributed by atoms with E-state index >= 15 is 0 Å². The second-order valence-corrected chi connectivity index (χ2v) is 5.77. The highest BCUT2D eigenvalue weighted by atomic mass is 16.5. The summed E-state index contributed by atoms with van der Waals surface area (Å²) in [5, 5.41) is 0. The molecule has 2 aromatic rings. The van der Waals surface area contributed by atoms with Gasteiger partial charge in [0.15, 0.2) is 5.41 Å². The number of hydrogen-bond acceptors (Lipinski definition) is 4. The minimum absolute atomic E-state index is 0.235. The fraction of sp³-hybridized carbons (Fsp3) is 0.263. The highest BCUT2D eigenvalue weighted by Gasteiger charge is 2.53. The third-order valence-corrected chi connectivity index (χ3v) is 4.47. The number of fused-ring (bicyclic) bond motifs is 3. The highest BCUT2D eigenvalue weighted by Crippen LogP contribution is 2.45. The largest absolute Gasteiger partial charge is 0.468 e. The molecule has 23 heavy (non-hydrogen) atoms. The molecule has 0 saturated heterocycles. The zero-order valence-electron chi connectivity index (χ0n) is 13.4. The van der Waals surface area contributed by atoms with Crippen molar-refractivity contribution in [3.63, 3.8) is 0 Å². The van der Waals surface area contributed by atoms with Crippen molar-refractivity contribution in [2.75, 3.05) is 14.2 Å². The van der Waals surface area contributed by atoms with Gasteiger partial charge >= 0.3 is 11.9 Å². The molecule has 0 unspecified atom stereocenters. The number of aryl methyl sites for hydroxylation is 1. The lowest BCUT2D eigenvalue weighted by Crippen LogP contribution is -2.49. The molecule has 1 aliphatic carbocycles. The number of carbonyl (C=O) groups excluding carboxylic acids is 2. The number of hydrogen-bond donors (Lipinski definition) is 0. The maximum atomic E-state index is 12.6. The van der Waals surface area contributed by atoms with Crippen molar-refractivity contribution in [2.24, 2.45) is 0 Å². The Kier molecular flexibility index (Phi) is 3.68. The van der Waals surface area contributed by atoms with Crippen molar-refractivity contribution in [1.82, 2.24) is 0 Å². The number of methoxy groups -OCH3 is 2. The van der Waals surface area contributed by atoms with Crippen LogP contribution in [0, 0.1) is 6.92 Å². The van der Waals surface area contributed by atoms with Gasteiger partial charge in [-0.3, -0.25) is 9.59 Å². The first-order valence-electron chi connectivity index (χ1n) is 7.41. The summed E-state index contributed by atoms with van der Waals surface area (Å²) >= 11 is 0. The molecule has 0 bridgehead atoms. The first kappa shape index (κ1) is 15.3. The second kappa shape index (κ2) is 5.54. The third-order valence-electron chi connectivity index (χ3n) is 4.47. The van der Waals surface area contributed by atoms with Crippen LogP contribution in [0.15, 0.2) is 42.5 Å². The molecule has 2 aromatic carbocycles. The monoisotopic (exact) mass is 310 g/mol. The molecule has 3 rings (SSSR count). The predicted octanol–water partition coefficient (Wildman–Crippen LogP) is 2.80. The molecule has 4 heteroatoms. The van der Waals surface area contributed by atoms with E-state index in [0.29, 0.717) is 5.56 Å². The van der Waals surface area contributed by atoms with Gasteiger partial charge in [-0.15, -0.1) is 0 Å². The van der Waals surface area contributed by atoms with Crippen LogP contribution in [-0.2, 0) is 30.9 Å². The molecule has 4 nitrogen and oxygen atoms in total. The van der Waals surface area contributed by atoms with E-state index in [1.807, 2.05) is 49.4 Å². The van der Waals surface area contributed by atoms with Crippen LogP contribution in [0.5, 0.6) is 0 Å². The van der Waals surface area contributed by atoms with Gasteiger partial charge in [0.2, 0.25) is 0 Å². The van der Waals surface area contributed by atoms with Crippen molar-refractivity contribution >= 4 is 11.9 Å².